The van der Waals surface area contributed by atoms with Gasteiger partial charge in [0.1, 0.15) is 4.08 Å². The second-order valence-corrected chi connectivity index (χ2v) is 8.49. The number of hydrogen-bond donors (Lipinski definition) is 0. The van der Waals surface area contributed by atoms with Crippen LogP contribution in [0.4, 0.5) is 0 Å². The maximum atomic E-state index is 3.53. The van der Waals surface area contributed by atoms with Crippen LogP contribution in [-0.2, 0) is 4.08 Å². The van der Waals surface area contributed by atoms with E-state index < -0.39 is 0 Å². The van der Waals surface area contributed by atoms with Crippen LogP contribution in [0.2, 0.25) is 0 Å². The molecule has 0 spiro atoms. The Labute approximate surface area is 138 Å². The maximum Gasteiger partial charge on any atom is 0.111 e. The molecule has 2 aromatic carbocycles. The van der Waals surface area contributed by atoms with E-state index in [0.29, 0.717) is 0 Å². The fourth-order valence-corrected chi connectivity index (χ4v) is 5.60. The second kappa shape index (κ2) is 7.58. The van der Waals surface area contributed by atoms with E-state index in [2.05, 4.69) is 84.4 Å². The molecule has 0 radical (unpaired) electrons. The summed E-state index contributed by atoms with van der Waals surface area (Å²) in [6.45, 7) is 4.47. The Balaban J connectivity index is 2.54. The quantitative estimate of drug-likeness (QED) is 0.561. The molecule has 0 bridgehead atoms. The molecule has 0 unspecified atom stereocenters. The Hall–Kier alpha value is -0.380. The van der Waals surface area contributed by atoms with Gasteiger partial charge in [0.2, 0.25) is 0 Å². The molecule has 0 nitrogen and oxygen atoms in total. The van der Waals surface area contributed by atoms with Crippen molar-refractivity contribution in [3.8, 4) is 0 Å². The van der Waals surface area contributed by atoms with Crippen LogP contribution in [0.15, 0.2) is 59.1 Å². The molecule has 3 heteroatoms. The van der Waals surface area contributed by atoms with Gasteiger partial charge in [0.05, 0.1) is 0 Å². The van der Waals surface area contributed by atoms with Gasteiger partial charge >= 0.3 is 0 Å². The van der Waals surface area contributed by atoms with Crippen LogP contribution in [-0.4, -0.2) is 11.5 Å². The zero-order chi connectivity index (χ0) is 14.4. The van der Waals surface area contributed by atoms with Crippen LogP contribution in [0.3, 0.4) is 0 Å². The van der Waals surface area contributed by atoms with Crippen LogP contribution in [0.1, 0.15) is 25.0 Å². The highest BCUT2D eigenvalue weighted by atomic mass is 79.9. The Morgan fingerprint density at radius 1 is 0.800 bits per heavy atom. The summed E-state index contributed by atoms with van der Waals surface area (Å²) >= 11 is 7.55. The van der Waals surface area contributed by atoms with E-state index in [-0.39, 0.29) is 4.08 Å². The summed E-state index contributed by atoms with van der Waals surface area (Å²) < 4.78 is 1.12. The smallest absolute Gasteiger partial charge is 0.111 e. The molecule has 20 heavy (non-hydrogen) atoms. The molecule has 0 saturated heterocycles. The van der Waals surface area contributed by atoms with Crippen molar-refractivity contribution < 1.29 is 0 Å². The van der Waals surface area contributed by atoms with Gasteiger partial charge in [-0.25, -0.2) is 0 Å². The van der Waals surface area contributed by atoms with Crippen LogP contribution in [0.25, 0.3) is 0 Å². The lowest BCUT2D eigenvalue weighted by Gasteiger charge is -2.33. The third-order valence-electron chi connectivity index (χ3n) is 3.07. The fraction of sp³-hybridized carbons (Fsp3) is 0.294. The molecule has 2 rings (SSSR count). The monoisotopic (exact) mass is 366 g/mol. The average Bonchev–Trinajstić information content (AvgIpc) is 2.48. The first-order valence-corrected chi connectivity index (χ1v) is 9.59. The number of rotatable bonds is 6. The number of benzene rings is 2. The highest BCUT2D eigenvalue weighted by molar-refractivity contribution is 9.10. The van der Waals surface area contributed by atoms with E-state index in [0.717, 1.165) is 16.0 Å². The molecular weight excluding hydrogens is 348 g/mol. The van der Waals surface area contributed by atoms with Gasteiger partial charge in [0.15, 0.2) is 0 Å². The highest BCUT2D eigenvalue weighted by Gasteiger charge is 2.34. The molecule has 0 atom stereocenters. The average molecular weight is 367 g/mol. The molecule has 106 valence electrons. The van der Waals surface area contributed by atoms with Gasteiger partial charge in [0, 0.05) is 4.47 Å². The zero-order valence-electron chi connectivity index (χ0n) is 11.8. The molecule has 0 aliphatic heterocycles. The van der Waals surface area contributed by atoms with Gasteiger partial charge in [-0.05, 0) is 34.8 Å². The van der Waals surface area contributed by atoms with E-state index in [1.165, 1.54) is 11.1 Å². The van der Waals surface area contributed by atoms with Crippen molar-refractivity contribution in [2.24, 2.45) is 0 Å². The SMILES string of the molecule is CCSC(SCC)(c1ccccc1)c1ccc(Br)cc1. The van der Waals surface area contributed by atoms with E-state index in [1.807, 2.05) is 23.5 Å². The van der Waals surface area contributed by atoms with Crippen molar-refractivity contribution in [1.82, 2.24) is 0 Å². The van der Waals surface area contributed by atoms with Crippen molar-refractivity contribution in [3.63, 3.8) is 0 Å². The largest absolute Gasteiger partial charge is 0.135 e. The summed E-state index contributed by atoms with van der Waals surface area (Å²) in [6, 6.07) is 19.6. The molecule has 0 heterocycles. The lowest BCUT2D eigenvalue weighted by Crippen LogP contribution is -2.20. The minimum atomic E-state index is -0.00847. The Morgan fingerprint density at radius 2 is 1.30 bits per heavy atom. The first-order chi connectivity index (χ1) is 9.73. The van der Waals surface area contributed by atoms with Crippen molar-refractivity contribution in [3.05, 3.63) is 70.2 Å². The molecule has 0 amide bonds. The van der Waals surface area contributed by atoms with Gasteiger partial charge < -0.3 is 0 Å². The van der Waals surface area contributed by atoms with Gasteiger partial charge in [-0.15, -0.1) is 23.5 Å². The lowest BCUT2D eigenvalue weighted by atomic mass is 10.0. The first kappa shape index (κ1) is 16.0. The predicted octanol–water partition coefficient (Wildman–Crippen LogP) is 6.16. The van der Waals surface area contributed by atoms with Crippen LogP contribution < -0.4 is 0 Å². The van der Waals surface area contributed by atoms with Gasteiger partial charge in [-0.1, -0.05) is 72.2 Å². The number of hydrogen-bond acceptors (Lipinski definition) is 2. The van der Waals surface area contributed by atoms with Gasteiger partial charge in [-0.2, -0.15) is 0 Å². The summed E-state index contributed by atoms with van der Waals surface area (Å²) in [5.74, 6) is 2.19. The van der Waals surface area contributed by atoms with E-state index in [1.54, 1.807) is 0 Å². The van der Waals surface area contributed by atoms with Crippen molar-refractivity contribution in [2.45, 2.75) is 17.9 Å². The van der Waals surface area contributed by atoms with Crippen LogP contribution >= 0.6 is 39.5 Å². The Bertz CT molecular complexity index is 516. The minimum Gasteiger partial charge on any atom is -0.135 e. The highest BCUT2D eigenvalue weighted by Crippen LogP contribution is 2.51. The maximum absolute atomic E-state index is 3.53. The topological polar surface area (TPSA) is 0 Å². The van der Waals surface area contributed by atoms with Crippen molar-refractivity contribution in [2.75, 3.05) is 11.5 Å². The summed E-state index contributed by atoms with van der Waals surface area (Å²) in [6.07, 6.45) is 0. The molecule has 0 aliphatic rings. The summed E-state index contributed by atoms with van der Waals surface area (Å²) in [5.41, 5.74) is 2.74. The van der Waals surface area contributed by atoms with E-state index in [4.69, 9.17) is 0 Å². The van der Waals surface area contributed by atoms with Crippen molar-refractivity contribution >= 4 is 39.5 Å². The third-order valence-corrected chi connectivity index (χ3v) is 6.64. The van der Waals surface area contributed by atoms with Crippen molar-refractivity contribution in [1.29, 1.82) is 0 Å². The molecule has 2 aromatic rings. The normalized spacial score (nSPS) is 11.6. The Morgan fingerprint density at radius 3 is 1.80 bits per heavy atom. The number of halogens is 1. The summed E-state index contributed by atoms with van der Waals surface area (Å²) in [4.78, 5) is 0. The van der Waals surface area contributed by atoms with Crippen LogP contribution in [0.5, 0.6) is 0 Å². The van der Waals surface area contributed by atoms with E-state index in [9.17, 15) is 0 Å². The standard InChI is InChI=1S/C17H19BrS2/c1-3-19-17(20-4-2,14-8-6-5-7-9-14)15-10-12-16(18)13-11-15/h5-13H,3-4H2,1-2H3. The fourth-order valence-electron chi connectivity index (χ4n) is 2.28. The minimum absolute atomic E-state index is 0.00847. The van der Waals surface area contributed by atoms with Gasteiger partial charge in [-0.3, -0.25) is 0 Å². The van der Waals surface area contributed by atoms with E-state index >= 15 is 0 Å². The van der Waals surface area contributed by atoms with Gasteiger partial charge in [0.25, 0.3) is 0 Å². The zero-order valence-corrected chi connectivity index (χ0v) is 15.0. The molecule has 0 fully saturated rings. The molecule has 0 aromatic heterocycles. The summed E-state index contributed by atoms with van der Waals surface area (Å²) in [7, 11) is 0. The number of thioether (sulfide) groups is 2. The van der Waals surface area contributed by atoms with Crippen LogP contribution in [0, 0.1) is 0 Å². The second-order valence-electron chi connectivity index (χ2n) is 4.36. The molecule has 0 aliphatic carbocycles. The molecule has 0 saturated carbocycles. The molecule has 0 N–H and O–H groups in total. The third kappa shape index (κ3) is 3.44. The molecular formula is C17H19BrS2. The Kier molecular flexibility index (Phi) is 6.06. The first-order valence-electron chi connectivity index (χ1n) is 6.82. The predicted molar refractivity (Wildman–Crippen MR) is 97.6 cm³/mol. The lowest BCUT2D eigenvalue weighted by molar-refractivity contribution is 1.06. The summed E-state index contributed by atoms with van der Waals surface area (Å²) in [5, 5.41) is 0.